The molecule has 0 unspecified atom stereocenters. The Morgan fingerprint density at radius 1 is 1.41 bits per heavy atom. The van der Waals surface area contributed by atoms with Crippen LogP contribution in [0.4, 0.5) is 4.39 Å². The number of hydrogen-bond acceptors (Lipinski definition) is 2. The Morgan fingerprint density at radius 3 is 2.76 bits per heavy atom. The first kappa shape index (κ1) is 11.6. The molecule has 1 amide bonds. The molecule has 0 radical (unpaired) electrons. The minimum atomic E-state index is -0.889. The molecule has 1 aromatic carbocycles. The number of carboxylic acid groups (broad SMARTS) is 1. The van der Waals surface area contributed by atoms with E-state index in [1.807, 2.05) is 0 Å². The number of carboxylic acids is 1. The number of carbonyl (C=O) groups is 2. The number of rotatable bonds is 2. The van der Waals surface area contributed by atoms with Gasteiger partial charge in [-0.25, -0.2) is 4.39 Å². The van der Waals surface area contributed by atoms with Gasteiger partial charge >= 0.3 is 5.97 Å². The molecule has 1 heterocycles. The molecule has 90 valence electrons. The Morgan fingerprint density at radius 2 is 2.18 bits per heavy atom. The highest BCUT2D eigenvalue weighted by Gasteiger charge is 2.31. The highest BCUT2D eigenvalue weighted by molar-refractivity contribution is 5.94. The van der Waals surface area contributed by atoms with E-state index in [2.05, 4.69) is 0 Å². The summed E-state index contributed by atoms with van der Waals surface area (Å²) in [6.45, 7) is 0.608. The van der Waals surface area contributed by atoms with Crippen LogP contribution in [0.2, 0.25) is 0 Å². The molecule has 5 heteroatoms. The Kier molecular flexibility index (Phi) is 3.08. The van der Waals surface area contributed by atoms with Crippen molar-refractivity contribution in [2.45, 2.75) is 6.42 Å². The monoisotopic (exact) mass is 237 g/mol. The van der Waals surface area contributed by atoms with Crippen molar-refractivity contribution >= 4 is 11.9 Å². The summed E-state index contributed by atoms with van der Waals surface area (Å²) in [5, 5.41) is 8.83. The smallest absolute Gasteiger partial charge is 0.308 e. The van der Waals surface area contributed by atoms with Gasteiger partial charge in [-0.3, -0.25) is 9.59 Å². The third-order valence-corrected chi connectivity index (χ3v) is 2.90. The molecule has 4 nitrogen and oxygen atoms in total. The molecule has 2 rings (SSSR count). The molecule has 1 saturated heterocycles. The van der Waals surface area contributed by atoms with Crippen LogP contribution in [0, 0.1) is 11.7 Å². The largest absolute Gasteiger partial charge is 0.481 e. The van der Waals surface area contributed by atoms with Crippen molar-refractivity contribution in [2.75, 3.05) is 13.1 Å². The third-order valence-electron chi connectivity index (χ3n) is 2.90. The van der Waals surface area contributed by atoms with Crippen molar-refractivity contribution < 1.29 is 19.1 Å². The molecule has 1 aliphatic rings. The van der Waals surface area contributed by atoms with Crippen molar-refractivity contribution in [3.05, 3.63) is 35.6 Å². The number of benzene rings is 1. The van der Waals surface area contributed by atoms with Crippen molar-refractivity contribution in [3.63, 3.8) is 0 Å². The fourth-order valence-corrected chi connectivity index (χ4v) is 1.95. The summed E-state index contributed by atoms with van der Waals surface area (Å²) in [5.41, 5.74) is 0.260. The number of nitrogens with zero attached hydrogens (tertiary/aromatic N) is 1. The van der Waals surface area contributed by atoms with Crippen LogP contribution in [0.15, 0.2) is 24.3 Å². The second kappa shape index (κ2) is 4.53. The lowest BCUT2D eigenvalue weighted by Crippen LogP contribution is -2.29. The van der Waals surface area contributed by atoms with Gasteiger partial charge in [-0.2, -0.15) is 0 Å². The van der Waals surface area contributed by atoms with E-state index in [-0.39, 0.29) is 18.0 Å². The molecule has 0 aromatic heterocycles. The van der Waals surface area contributed by atoms with Crippen molar-refractivity contribution in [2.24, 2.45) is 5.92 Å². The van der Waals surface area contributed by atoms with E-state index < -0.39 is 17.7 Å². The summed E-state index contributed by atoms with van der Waals surface area (Å²) in [6.07, 6.45) is 0.455. The van der Waals surface area contributed by atoms with Crippen LogP contribution >= 0.6 is 0 Å². The van der Waals surface area contributed by atoms with Crippen LogP contribution in [-0.2, 0) is 4.79 Å². The lowest BCUT2D eigenvalue weighted by molar-refractivity contribution is -0.141. The van der Waals surface area contributed by atoms with E-state index in [1.54, 1.807) is 0 Å². The molecule has 0 bridgehead atoms. The molecule has 1 atom stereocenters. The molecule has 1 N–H and O–H groups in total. The van der Waals surface area contributed by atoms with E-state index in [9.17, 15) is 14.0 Å². The van der Waals surface area contributed by atoms with Crippen molar-refractivity contribution in [1.82, 2.24) is 4.90 Å². The SMILES string of the molecule is O=C(O)[C@H]1CCN(C(=O)c2cccc(F)c2)C1. The van der Waals surface area contributed by atoms with Crippen molar-refractivity contribution in [1.29, 1.82) is 0 Å². The average Bonchev–Trinajstić information content (AvgIpc) is 2.77. The Balaban J connectivity index is 2.09. The average molecular weight is 237 g/mol. The van der Waals surface area contributed by atoms with Gasteiger partial charge in [0.2, 0.25) is 0 Å². The first-order valence-electron chi connectivity index (χ1n) is 5.35. The molecule has 1 aromatic rings. The van der Waals surface area contributed by atoms with Gasteiger partial charge in [-0.05, 0) is 24.6 Å². The molecule has 0 saturated carbocycles. The highest BCUT2D eigenvalue weighted by atomic mass is 19.1. The number of carbonyl (C=O) groups excluding carboxylic acids is 1. The fraction of sp³-hybridized carbons (Fsp3) is 0.333. The van der Waals surface area contributed by atoms with Crippen LogP contribution in [0.1, 0.15) is 16.8 Å². The van der Waals surface area contributed by atoms with Crippen molar-refractivity contribution in [3.8, 4) is 0 Å². The lowest BCUT2D eigenvalue weighted by atomic mass is 10.1. The van der Waals surface area contributed by atoms with E-state index in [4.69, 9.17) is 5.11 Å². The minimum absolute atomic E-state index is 0.199. The van der Waals surface area contributed by atoms with Crippen LogP contribution in [-0.4, -0.2) is 35.0 Å². The topological polar surface area (TPSA) is 57.6 Å². The summed E-state index contributed by atoms with van der Waals surface area (Å²) in [4.78, 5) is 24.1. The van der Waals surface area contributed by atoms with E-state index >= 15 is 0 Å². The van der Waals surface area contributed by atoms with Gasteiger partial charge < -0.3 is 10.0 Å². The Bertz CT molecular complexity index is 461. The number of likely N-dealkylation sites (tertiary alicyclic amines) is 1. The predicted molar refractivity (Wildman–Crippen MR) is 58.0 cm³/mol. The zero-order chi connectivity index (χ0) is 12.4. The van der Waals surface area contributed by atoms with Gasteiger partial charge in [0.25, 0.3) is 5.91 Å². The van der Waals surface area contributed by atoms with Crippen LogP contribution in [0.5, 0.6) is 0 Å². The second-order valence-corrected chi connectivity index (χ2v) is 4.09. The standard InChI is InChI=1S/C12H12FNO3/c13-10-3-1-2-8(6-10)11(15)14-5-4-9(7-14)12(16)17/h1-3,6,9H,4-5,7H2,(H,16,17)/t9-/m0/s1. The lowest BCUT2D eigenvalue weighted by Gasteiger charge is -2.15. The molecular formula is C12H12FNO3. The molecule has 0 aliphatic carbocycles. The van der Waals surface area contributed by atoms with E-state index in [0.717, 1.165) is 6.07 Å². The zero-order valence-electron chi connectivity index (χ0n) is 9.10. The van der Waals surface area contributed by atoms with Crippen LogP contribution in [0.3, 0.4) is 0 Å². The first-order valence-corrected chi connectivity index (χ1v) is 5.35. The van der Waals surface area contributed by atoms with E-state index in [0.29, 0.717) is 13.0 Å². The van der Waals surface area contributed by atoms with Gasteiger partial charge in [0.15, 0.2) is 0 Å². The van der Waals surface area contributed by atoms with Gasteiger partial charge in [0.1, 0.15) is 5.82 Å². The van der Waals surface area contributed by atoms with Gasteiger partial charge in [0, 0.05) is 18.7 Å². The summed E-state index contributed by atoms with van der Waals surface area (Å²) in [6, 6.07) is 5.42. The maximum absolute atomic E-state index is 13.0. The number of hydrogen-bond donors (Lipinski definition) is 1. The highest BCUT2D eigenvalue weighted by Crippen LogP contribution is 2.19. The second-order valence-electron chi connectivity index (χ2n) is 4.09. The summed E-state index contributed by atoms with van der Waals surface area (Å²) >= 11 is 0. The van der Waals surface area contributed by atoms with Crippen LogP contribution in [0.25, 0.3) is 0 Å². The van der Waals surface area contributed by atoms with Crippen LogP contribution < -0.4 is 0 Å². The van der Waals surface area contributed by atoms with E-state index in [1.165, 1.54) is 23.1 Å². The minimum Gasteiger partial charge on any atom is -0.481 e. The summed E-state index contributed by atoms with van der Waals surface area (Å²) in [5.74, 6) is -2.18. The molecule has 1 fully saturated rings. The number of amides is 1. The molecule has 17 heavy (non-hydrogen) atoms. The molecule has 1 aliphatic heterocycles. The summed E-state index contributed by atoms with van der Waals surface area (Å²) < 4.78 is 13.0. The van der Waals surface area contributed by atoms with Gasteiger partial charge in [0.05, 0.1) is 5.92 Å². The third kappa shape index (κ3) is 2.43. The predicted octanol–water partition coefficient (Wildman–Crippen LogP) is 1.37. The Hall–Kier alpha value is -1.91. The fourth-order valence-electron chi connectivity index (χ4n) is 1.95. The van der Waals surface area contributed by atoms with Gasteiger partial charge in [-0.15, -0.1) is 0 Å². The molecular weight excluding hydrogens is 225 g/mol. The maximum atomic E-state index is 13.0. The normalized spacial score (nSPS) is 19.4. The zero-order valence-corrected chi connectivity index (χ0v) is 9.10. The summed E-state index contributed by atoms with van der Waals surface area (Å²) in [7, 11) is 0. The quantitative estimate of drug-likeness (QED) is 0.845. The number of aliphatic carboxylic acids is 1. The Labute approximate surface area is 97.7 Å². The maximum Gasteiger partial charge on any atom is 0.308 e. The number of halogens is 1. The van der Waals surface area contributed by atoms with Gasteiger partial charge in [-0.1, -0.05) is 6.07 Å². The molecule has 0 spiro atoms. The first-order chi connectivity index (χ1) is 8.08.